The minimum absolute atomic E-state index is 0.156. The number of amides is 1. The van der Waals surface area contributed by atoms with Gasteiger partial charge in [-0.2, -0.15) is 8.42 Å². The van der Waals surface area contributed by atoms with Crippen LogP contribution >= 0.6 is 23.5 Å². The first kappa shape index (κ1) is 35.3. The number of hydrogen-bond acceptors (Lipinski definition) is 7. The minimum atomic E-state index is -4.17. The van der Waals surface area contributed by atoms with Crippen molar-refractivity contribution in [3.05, 3.63) is 46.9 Å². The number of nitrogens with one attached hydrogen (secondary N) is 1. The molecule has 0 fully saturated rings. The number of carbonyl (C=O) groups excluding carboxylic acids is 2. The second-order valence-corrected chi connectivity index (χ2v) is 17.0. The summed E-state index contributed by atoms with van der Waals surface area (Å²) in [5.74, 6) is -1.12. The van der Waals surface area contributed by atoms with E-state index in [1.807, 2.05) is 6.08 Å². The largest absolute Gasteiger partial charge is 0.426 e. The molecule has 0 aliphatic heterocycles. The monoisotopic (exact) mass is 599 g/mol. The Morgan fingerprint density at radius 2 is 1.56 bits per heavy atom. The Labute approximate surface area is 243 Å². The predicted molar refractivity (Wildman–Crippen MR) is 164 cm³/mol. The van der Waals surface area contributed by atoms with Gasteiger partial charge in [0, 0.05) is 33.9 Å². The van der Waals surface area contributed by atoms with Gasteiger partial charge in [-0.25, -0.2) is 0 Å². The van der Waals surface area contributed by atoms with Crippen molar-refractivity contribution in [3.8, 4) is 5.75 Å². The summed E-state index contributed by atoms with van der Waals surface area (Å²) in [6.07, 6.45) is 4.66. The van der Waals surface area contributed by atoms with Crippen LogP contribution in [0, 0.1) is 0 Å². The van der Waals surface area contributed by atoms with Crippen molar-refractivity contribution < 1.29 is 27.3 Å². The predicted octanol–water partition coefficient (Wildman–Crippen LogP) is 7.01. The van der Waals surface area contributed by atoms with Crippen molar-refractivity contribution in [1.82, 2.24) is 5.32 Å². The molecule has 0 heterocycles. The van der Waals surface area contributed by atoms with Crippen molar-refractivity contribution in [2.45, 2.75) is 101 Å². The van der Waals surface area contributed by atoms with Crippen molar-refractivity contribution >= 4 is 45.5 Å². The Kier molecular flexibility index (Phi) is 12.9. The minimum Gasteiger partial charge on any atom is -0.426 e. The Morgan fingerprint density at radius 3 is 2.00 bits per heavy atom. The Balaban J connectivity index is 3.28. The van der Waals surface area contributed by atoms with Gasteiger partial charge in [0.2, 0.25) is 5.91 Å². The first-order valence-corrected chi connectivity index (χ1v) is 16.2. The molecule has 0 atom stereocenters. The van der Waals surface area contributed by atoms with E-state index in [0.29, 0.717) is 5.75 Å². The van der Waals surface area contributed by atoms with Gasteiger partial charge < -0.3 is 10.1 Å². The number of benzene rings is 1. The number of hydrogen-bond donors (Lipinski definition) is 2. The zero-order chi connectivity index (χ0) is 30.2. The molecule has 2 N–H and O–H groups in total. The highest BCUT2D eigenvalue weighted by atomic mass is 32.2. The fourth-order valence-electron chi connectivity index (χ4n) is 3.63. The molecule has 0 saturated heterocycles. The third-order valence-corrected chi connectivity index (χ3v) is 8.71. The highest BCUT2D eigenvalue weighted by molar-refractivity contribution is 8.20. The van der Waals surface area contributed by atoms with Gasteiger partial charge >= 0.3 is 5.97 Å². The average Bonchev–Trinajstić information content (AvgIpc) is 2.75. The van der Waals surface area contributed by atoms with Gasteiger partial charge in [-0.05, 0) is 43.2 Å². The molecule has 220 valence electrons. The van der Waals surface area contributed by atoms with Gasteiger partial charge in [0.15, 0.2) is 0 Å². The Bertz CT molecular complexity index is 1140. The molecule has 10 heteroatoms. The third-order valence-electron chi connectivity index (χ3n) is 5.47. The molecule has 0 bridgehead atoms. The number of allylic oxidation sites excluding steroid dienone is 2. The molecule has 0 aliphatic carbocycles. The van der Waals surface area contributed by atoms with Gasteiger partial charge in [-0.15, -0.1) is 23.5 Å². The Hall–Kier alpha value is -1.75. The van der Waals surface area contributed by atoms with E-state index in [1.54, 1.807) is 23.5 Å². The van der Waals surface area contributed by atoms with Crippen molar-refractivity contribution in [2.24, 2.45) is 0 Å². The molecule has 39 heavy (non-hydrogen) atoms. The number of thioether (sulfide) groups is 2. The quantitative estimate of drug-likeness (QED) is 0.0622. The van der Waals surface area contributed by atoms with Crippen molar-refractivity contribution in [3.63, 3.8) is 0 Å². The highest BCUT2D eigenvalue weighted by Crippen LogP contribution is 2.49. The summed E-state index contributed by atoms with van der Waals surface area (Å²) in [7, 11) is -4.17. The van der Waals surface area contributed by atoms with Crippen LogP contribution in [0.2, 0.25) is 0 Å². The van der Waals surface area contributed by atoms with E-state index in [-0.39, 0.29) is 34.3 Å². The first-order valence-electron chi connectivity index (χ1n) is 13.0. The normalized spacial score (nSPS) is 13.2. The second kappa shape index (κ2) is 14.2. The standard InChI is InChI=1S/C29H45NO6S3/c1-11-13-20(12-2)37-29(9,10)38-21-18-22(27(3,4)5)26(23(19-21)28(6,7)8)36-25(32)15-14-24(31)30-16-17-39(33,34)35/h12-13,18-19H,2,11,14-17H2,1,3-10H3,(H,30,31)(H,33,34,35)/b20-13+. The van der Waals surface area contributed by atoms with Crippen molar-refractivity contribution in [2.75, 3.05) is 12.3 Å². The molecular formula is C29H45NO6S3. The molecule has 7 nitrogen and oxygen atoms in total. The van der Waals surface area contributed by atoms with Crippen LogP contribution < -0.4 is 10.1 Å². The molecule has 0 saturated carbocycles. The Morgan fingerprint density at radius 1 is 1.03 bits per heavy atom. The summed E-state index contributed by atoms with van der Waals surface area (Å²) < 4.78 is 36.2. The number of carbonyl (C=O) groups is 2. The van der Waals surface area contributed by atoms with Gasteiger partial charge in [0.25, 0.3) is 10.1 Å². The first-order chi connectivity index (χ1) is 17.7. The van der Waals surface area contributed by atoms with E-state index in [4.69, 9.17) is 9.29 Å². The number of esters is 1. The molecule has 1 rings (SSSR count). The summed E-state index contributed by atoms with van der Waals surface area (Å²) in [6, 6.07) is 4.17. The summed E-state index contributed by atoms with van der Waals surface area (Å²) in [5.41, 5.74) is 1.14. The average molecular weight is 600 g/mol. The van der Waals surface area contributed by atoms with E-state index in [2.05, 4.69) is 92.4 Å². The van der Waals surface area contributed by atoms with Crippen LogP contribution in [0.15, 0.2) is 40.7 Å². The molecule has 0 aliphatic rings. The molecule has 0 unspecified atom stereocenters. The number of rotatable bonds is 13. The molecule has 0 spiro atoms. The maximum absolute atomic E-state index is 12.9. The van der Waals surface area contributed by atoms with Crippen LogP contribution in [-0.2, 0) is 30.5 Å². The SMILES string of the molecule is C=C/C(=C\CC)SC(C)(C)Sc1cc(C(C)(C)C)c(OC(=O)CCC(=O)NCCS(=O)(=O)O)c(C(C)(C)C)c1. The second-order valence-electron chi connectivity index (χ2n) is 11.8. The van der Waals surface area contributed by atoms with E-state index in [0.717, 1.165) is 27.3 Å². The lowest BCUT2D eigenvalue weighted by atomic mass is 9.79. The lowest BCUT2D eigenvalue weighted by molar-refractivity contribution is -0.136. The smallest absolute Gasteiger partial charge is 0.311 e. The summed E-state index contributed by atoms with van der Waals surface area (Å²) in [4.78, 5) is 27.1. The zero-order valence-corrected chi connectivity index (χ0v) is 27.2. The summed E-state index contributed by atoms with van der Waals surface area (Å²) in [6.45, 7) is 22.6. The van der Waals surface area contributed by atoms with E-state index in [9.17, 15) is 18.0 Å². The summed E-state index contributed by atoms with van der Waals surface area (Å²) >= 11 is 3.51. The lowest BCUT2D eigenvalue weighted by Gasteiger charge is -2.31. The van der Waals surface area contributed by atoms with Gasteiger partial charge in [0.1, 0.15) is 5.75 Å². The fourth-order valence-corrected chi connectivity index (χ4v) is 6.56. The maximum Gasteiger partial charge on any atom is 0.311 e. The highest BCUT2D eigenvalue weighted by Gasteiger charge is 2.31. The zero-order valence-electron chi connectivity index (χ0n) is 24.8. The van der Waals surface area contributed by atoms with Crippen LogP contribution in [-0.4, -0.2) is 41.2 Å². The fraction of sp³-hybridized carbons (Fsp3) is 0.586. The van der Waals surface area contributed by atoms with Gasteiger partial charge in [-0.1, -0.05) is 67.2 Å². The van der Waals surface area contributed by atoms with E-state index < -0.39 is 27.7 Å². The molecule has 1 aromatic rings. The maximum atomic E-state index is 12.9. The van der Waals surface area contributed by atoms with E-state index in [1.165, 1.54) is 0 Å². The van der Waals surface area contributed by atoms with Crippen LogP contribution in [0.3, 0.4) is 0 Å². The van der Waals surface area contributed by atoms with E-state index >= 15 is 0 Å². The van der Waals surface area contributed by atoms with Crippen LogP contribution in [0.1, 0.15) is 92.7 Å². The van der Waals surface area contributed by atoms with Crippen LogP contribution in [0.4, 0.5) is 0 Å². The summed E-state index contributed by atoms with van der Waals surface area (Å²) in [5, 5.41) is 2.38. The van der Waals surface area contributed by atoms with Crippen LogP contribution in [0.25, 0.3) is 0 Å². The lowest BCUT2D eigenvalue weighted by Crippen LogP contribution is -2.29. The molecular weight excluding hydrogens is 555 g/mol. The molecule has 0 radical (unpaired) electrons. The molecule has 1 aromatic carbocycles. The number of ether oxygens (including phenoxy) is 1. The van der Waals surface area contributed by atoms with Crippen molar-refractivity contribution in [1.29, 1.82) is 0 Å². The molecule has 0 aromatic heterocycles. The topological polar surface area (TPSA) is 110 Å². The third kappa shape index (κ3) is 13.0. The van der Waals surface area contributed by atoms with Crippen LogP contribution in [0.5, 0.6) is 5.75 Å². The molecule has 1 amide bonds. The van der Waals surface area contributed by atoms with Gasteiger partial charge in [-0.3, -0.25) is 14.1 Å². The van der Waals surface area contributed by atoms with Gasteiger partial charge in [0.05, 0.1) is 16.3 Å².